The topological polar surface area (TPSA) is 38.3 Å². The van der Waals surface area contributed by atoms with Crippen LogP contribution in [-0.2, 0) is 4.74 Å². The van der Waals surface area contributed by atoms with Crippen molar-refractivity contribution >= 4 is 16.7 Å². The third-order valence-corrected chi connectivity index (χ3v) is 3.79. The zero-order valence-corrected chi connectivity index (χ0v) is 11.5. The largest absolute Gasteiger partial charge is 0.378 e. The lowest BCUT2D eigenvalue weighted by Gasteiger charge is -2.10. The van der Waals surface area contributed by atoms with Gasteiger partial charge in [-0.25, -0.2) is 0 Å². The number of carbonyl (C=O) groups is 1. The molecular formula is C17H19NO2. The van der Waals surface area contributed by atoms with Crippen LogP contribution in [0.25, 0.3) is 10.8 Å². The summed E-state index contributed by atoms with van der Waals surface area (Å²) in [5.74, 6) is -0.00579. The summed E-state index contributed by atoms with van der Waals surface area (Å²) in [6.45, 7) is 1.54. The first-order chi connectivity index (χ1) is 9.83. The van der Waals surface area contributed by atoms with E-state index in [4.69, 9.17) is 4.74 Å². The molecule has 1 N–H and O–H groups in total. The molecule has 0 aromatic heterocycles. The number of hydrogen-bond donors (Lipinski definition) is 1. The van der Waals surface area contributed by atoms with Crippen molar-refractivity contribution in [3.63, 3.8) is 0 Å². The second-order valence-corrected chi connectivity index (χ2v) is 5.24. The molecule has 0 saturated carbocycles. The second kappa shape index (κ2) is 6.06. The van der Waals surface area contributed by atoms with Gasteiger partial charge >= 0.3 is 0 Å². The van der Waals surface area contributed by atoms with Crippen LogP contribution in [0.3, 0.4) is 0 Å². The fourth-order valence-corrected chi connectivity index (χ4v) is 2.65. The van der Waals surface area contributed by atoms with Crippen molar-refractivity contribution in [2.75, 3.05) is 13.2 Å². The molecule has 1 saturated heterocycles. The molecule has 0 radical (unpaired) electrons. The molecule has 3 nitrogen and oxygen atoms in total. The molecule has 0 aliphatic carbocycles. The molecule has 1 heterocycles. The van der Waals surface area contributed by atoms with Gasteiger partial charge in [-0.1, -0.05) is 30.3 Å². The van der Waals surface area contributed by atoms with Crippen LogP contribution in [0.15, 0.2) is 42.5 Å². The maximum atomic E-state index is 12.1. The Labute approximate surface area is 118 Å². The molecule has 1 aliphatic rings. The summed E-state index contributed by atoms with van der Waals surface area (Å²) in [6.07, 6.45) is 3.49. The fourth-order valence-electron chi connectivity index (χ4n) is 2.65. The van der Waals surface area contributed by atoms with E-state index < -0.39 is 0 Å². The van der Waals surface area contributed by atoms with Crippen LogP contribution >= 0.6 is 0 Å². The van der Waals surface area contributed by atoms with Crippen LogP contribution in [0, 0.1) is 0 Å². The Morgan fingerprint density at radius 1 is 1.20 bits per heavy atom. The van der Waals surface area contributed by atoms with E-state index in [2.05, 4.69) is 11.4 Å². The minimum Gasteiger partial charge on any atom is -0.378 e. The zero-order chi connectivity index (χ0) is 13.8. The molecule has 3 heteroatoms. The van der Waals surface area contributed by atoms with Crippen LogP contribution in [0.5, 0.6) is 0 Å². The molecule has 2 aromatic rings. The Morgan fingerprint density at radius 2 is 2.05 bits per heavy atom. The van der Waals surface area contributed by atoms with Gasteiger partial charge in [0.25, 0.3) is 5.91 Å². The molecule has 0 unspecified atom stereocenters. The van der Waals surface area contributed by atoms with E-state index in [1.165, 1.54) is 0 Å². The first kappa shape index (κ1) is 13.1. The van der Waals surface area contributed by atoms with Crippen molar-refractivity contribution in [2.24, 2.45) is 0 Å². The Hall–Kier alpha value is -1.87. The van der Waals surface area contributed by atoms with Gasteiger partial charge in [-0.2, -0.15) is 0 Å². The number of rotatable bonds is 4. The normalized spacial score (nSPS) is 18.3. The predicted molar refractivity (Wildman–Crippen MR) is 79.9 cm³/mol. The molecule has 0 spiro atoms. The van der Waals surface area contributed by atoms with Gasteiger partial charge in [0.2, 0.25) is 0 Å². The van der Waals surface area contributed by atoms with E-state index in [-0.39, 0.29) is 5.91 Å². The van der Waals surface area contributed by atoms with Crippen molar-refractivity contribution in [3.05, 3.63) is 48.0 Å². The van der Waals surface area contributed by atoms with Gasteiger partial charge in [0.05, 0.1) is 6.10 Å². The fraction of sp³-hybridized carbons (Fsp3) is 0.353. The van der Waals surface area contributed by atoms with Gasteiger partial charge in [0, 0.05) is 18.7 Å². The molecule has 1 fully saturated rings. The summed E-state index contributed by atoms with van der Waals surface area (Å²) >= 11 is 0. The van der Waals surface area contributed by atoms with E-state index in [1.807, 2.05) is 36.4 Å². The molecule has 1 amide bonds. The average molecular weight is 269 g/mol. The summed E-state index contributed by atoms with van der Waals surface area (Å²) in [6, 6.07) is 13.9. The highest BCUT2D eigenvalue weighted by Crippen LogP contribution is 2.16. The highest BCUT2D eigenvalue weighted by Gasteiger charge is 2.15. The quantitative estimate of drug-likeness (QED) is 0.926. The van der Waals surface area contributed by atoms with Crippen molar-refractivity contribution < 1.29 is 9.53 Å². The monoisotopic (exact) mass is 269 g/mol. The standard InChI is InChI=1S/C17H19NO2/c19-17(18-10-9-16-6-3-11-20-16)15-8-7-13-4-1-2-5-14(13)12-15/h1-2,4-5,7-8,12,16H,3,6,9-11H2,(H,18,19)/t16-/m1/s1. The zero-order valence-electron chi connectivity index (χ0n) is 11.5. The number of nitrogens with one attached hydrogen (secondary N) is 1. The van der Waals surface area contributed by atoms with Crippen molar-refractivity contribution in [1.82, 2.24) is 5.32 Å². The number of hydrogen-bond acceptors (Lipinski definition) is 2. The number of benzene rings is 2. The van der Waals surface area contributed by atoms with E-state index in [1.54, 1.807) is 0 Å². The Balaban J connectivity index is 1.60. The third-order valence-electron chi connectivity index (χ3n) is 3.79. The minimum absolute atomic E-state index is 0.00579. The molecule has 3 rings (SSSR count). The van der Waals surface area contributed by atoms with Crippen LogP contribution < -0.4 is 5.32 Å². The first-order valence-corrected chi connectivity index (χ1v) is 7.21. The van der Waals surface area contributed by atoms with E-state index >= 15 is 0 Å². The molecule has 20 heavy (non-hydrogen) atoms. The summed E-state index contributed by atoms with van der Waals surface area (Å²) in [5, 5.41) is 5.22. The maximum absolute atomic E-state index is 12.1. The van der Waals surface area contributed by atoms with E-state index in [0.29, 0.717) is 12.6 Å². The highest BCUT2D eigenvalue weighted by molar-refractivity contribution is 5.98. The van der Waals surface area contributed by atoms with Crippen LogP contribution in [0.4, 0.5) is 0 Å². The van der Waals surface area contributed by atoms with E-state index in [9.17, 15) is 4.79 Å². The summed E-state index contributed by atoms with van der Waals surface area (Å²) in [5.41, 5.74) is 0.719. The van der Waals surface area contributed by atoms with Crippen molar-refractivity contribution in [3.8, 4) is 0 Å². The van der Waals surface area contributed by atoms with Gasteiger partial charge in [-0.3, -0.25) is 4.79 Å². The Morgan fingerprint density at radius 3 is 2.85 bits per heavy atom. The summed E-state index contributed by atoms with van der Waals surface area (Å²) in [7, 11) is 0. The van der Waals surface area contributed by atoms with Gasteiger partial charge < -0.3 is 10.1 Å². The molecule has 1 atom stereocenters. The maximum Gasteiger partial charge on any atom is 0.251 e. The van der Waals surface area contributed by atoms with Gasteiger partial charge in [-0.05, 0) is 42.2 Å². The van der Waals surface area contributed by atoms with Crippen LogP contribution in [0.1, 0.15) is 29.6 Å². The smallest absolute Gasteiger partial charge is 0.251 e. The molecule has 0 bridgehead atoms. The molecule has 2 aromatic carbocycles. The SMILES string of the molecule is O=C(NCC[C@H]1CCCO1)c1ccc2ccccc2c1. The average Bonchev–Trinajstić information content (AvgIpc) is 3.00. The third kappa shape index (κ3) is 2.99. The van der Waals surface area contributed by atoms with Gasteiger partial charge in [0.15, 0.2) is 0 Å². The lowest BCUT2D eigenvalue weighted by molar-refractivity contribution is 0.0907. The van der Waals surface area contributed by atoms with Gasteiger partial charge in [0.1, 0.15) is 0 Å². The predicted octanol–water partition coefficient (Wildman–Crippen LogP) is 3.14. The number of carbonyl (C=O) groups excluding carboxylic acids is 1. The lowest BCUT2D eigenvalue weighted by Crippen LogP contribution is -2.26. The highest BCUT2D eigenvalue weighted by atomic mass is 16.5. The number of ether oxygens (including phenoxy) is 1. The van der Waals surface area contributed by atoms with E-state index in [0.717, 1.165) is 42.2 Å². The number of amides is 1. The Kier molecular flexibility index (Phi) is 3.97. The minimum atomic E-state index is -0.00579. The summed E-state index contributed by atoms with van der Waals surface area (Å²) < 4.78 is 5.55. The van der Waals surface area contributed by atoms with Crippen molar-refractivity contribution in [2.45, 2.75) is 25.4 Å². The van der Waals surface area contributed by atoms with Crippen molar-refractivity contribution in [1.29, 1.82) is 0 Å². The molecular weight excluding hydrogens is 250 g/mol. The first-order valence-electron chi connectivity index (χ1n) is 7.21. The Bertz CT molecular complexity index is 603. The number of fused-ring (bicyclic) bond motifs is 1. The summed E-state index contributed by atoms with van der Waals surface area (Å²) in [4.78, 5) is 12.1. The van der Waals surface area contributed by atoms with Gasteiger partial charge in [-0.15, -0.1) is 0 Å². The lowest BCUT2D eigenvalue weighted by atomic mass is 10.1. The van der Waals surface area contributed by atoms with Crippen LogP contribution in [-0.4, -0.2) is 25.2 Å². The molecule has 104 valence electrons. The van der Waals surface area contributed by atoms with Crippen LogP contribution in [0.2, 0.25) is 0 Å². The second-order valence-electron chi connectivity index (χ2n) is 5.24. The molecule has 1 aliphatic heterocycles.